The number of fused-ring (bicyclic) bond motifs is 2. The van der Waals surface area contributed by atoms with E-state index in [1.807, 2.05) is 53.6 Å². The lowest BCUT2D eigenvalue weighted by atomic mass is 9.87. The number of esters is 1. The van der Waals surface area contributed by atoms with Crippen LogP contribution in [0.2, 0.25) is 0 Å². The van der Waals surface area contributed by atoms with Crippen molar-refractivity contribution in [1.29, 1.82) is 0 Å². The summed E-state index contributed by atoms with van der Waals surface area (Å²) in [7, 11) is 1.40. The molecule has 0 fully saturated rings. The molecule has 1 amide bonds. The number of ether oxygens (including phenoxy) is 1. The number of nitrogens with one attached hydrogen (secondary N) is 1. The third kappa shape index (κ3) is 4.52. The van der Waals surface area contributed by atoms with Crippen molar-refractivity contribution in [3.8, 4) is 0 Å². The van der Waals surface area contributed by atoms with E-state index < -0.39 is 12.0 Å². The lowest BCUT2D eigenvalue weighted by Crippen LogP contribution is -2.38. The van der Waals surface area contributed by atoms with E-state index in [-0.39, 0.29) is 18.4 Å². The Kier molecular flexibility index (Phi) is 6.77. The summed E-state index contributed by atoms with van der Waals surface area (Å²) in [6.45, 7) is 1.99. The van der Waals surface area contributed by atoms with Crippen molar-refractivity contribution in [3.63, 3.8) is 0 Å². The Hall–Kier alpha value is -3.32. The summed E-state index contributed by atoms with van der Waals surface area (Å²) < 4.78 is 5.17. The Bertz CT molecular complexity index is 1240. The molecule has 2 heterocycles. The number of nitrogens with zero attached hydrogens (tertiary/aromatic N) is 2. The summed E-state index contributed by atoms with van der Waals surface area (Å²) in [6.07, 6.45) is 3.88. The minimum absolute atomic E-state index is 0.0266. The predicted octanol–water partition coefficient (Wildman–Crippen LogP) is 5.41. The number of amidine groups is 1. The lowest BCUT2D eigenvalue weighted by Gasteiger charge is -2.36. The van der Waals surface area contributed by atoms with Crippen LogP contribution in [-0.4, -0.2) is 29.1 Å². The zero-order chi connectivity index (χ0) is 24.4. The zero-order valence-electron chi connectivity index (χ0n) is 20.0. The number of allylic oxidation sites excluding steroid dienone is 1. The van der Waals surface area contributed by atoms with E-state index in [0.717, 1.165) is 41.4 Å². The third-order valence-corrected chi connectivity index (χ3v) is 7.68. The highest BCUT2D eigenvalue weighted by Crippen LogP contribution is 2.45. The first kappa shape index (κ1) is 23.4. The summed E-state index contributed by atoms with van der Waals surface area (Å²) in [4.78, 5) is 33.0. The Morgan fingerprint density at radius 2 is 1.91 bits per heavy atom. The van der Waals surface area contributed by atoms with Gasteiger partial charge in [0.15, 0.2) is 5.17 Å². The minimum atomic E-state index is -0.393. The van der Waals surface area contributed by atoms with E-state index >= 15 is 0 Å². The molecule has 3 aliphatic rings. The molecule has 0 radical (unpaired) electrons. The van der Waals surface area contributed by atoms with Crippen LogP contribution in [0.25, 0.3) is 0 Å². The van der Waals surface area contributed by atoms with Crippen LogP contribution in [0.3, 0.4) is 0 Å². The van der Waals surface area contributed by atoms with Crippen LogP contribution in [0.5, 0.6) is 0 Å². The van der Waals surface area contributed by atoms with Crippen molar-refractivity contribution in [1.82, 2.24) is 10.2 Å². The Balaban J connectivity index is 1.42. The van der Waals surface area contributed by atoms with Gasteiger partial charge in [-0.1, -0.05) is 73.3 Å². The number of methoxy groups -OCH3 is 1. The van der Waals surface area contributed by atoms with Gasteiger partial charge in [-0.25, -0.2) is 9.79 Å². The van der Waals surface area contributed by atoms with Gasteiger partial charge in [-0.3, -0.25) is 4.79 Å². The Labute approximate surface area is 210 Å². The van der Waals surface area contributed by atoms with Gasteiger partial charge in [-0.2, -0.15) is 0 Å². The predicted molar refractivity (Wildman–Crippen MR) is 138 cm³/mol. The van der Waals surface area contributed by atoms with Crippen LogP contribution in [0.4, 0.5) is 0 Å². The van der Waals surface area contributed by atoms with Gasteiger partial charge in [-0.15, -0.1) is 0 Å². The highest BCUT2D eigenvalue weighted by atomic mass is 32.2. The number of carbonyl (C=O) groups excluding carboxylic acids is 2. The van der Waals surface area contributed by atoms with E-state index in [4.69, 9.17) is 9.73 Å². The van der Waals surface area contributed by atoms with Gasteiger partial charge in [0.05, 0.1) is 36.9 Å². The third-order valence-electron chi connectivity index (χ3n) is 6.79. The number of thioether (sulfide) groups is 1. The van der Waals surface area contributed by atoms with Gasteiger partial charge in [0.2, 0.25) is 5.91 Å². The number of amides is 1. The average molecular weight is 488 g/mol. The van der Waals surface area contributed by atoms with Crippen molar-refractivity contribution >= 4 is 28.8 Å². The van der Waals surface area contributed by atoms with Gasteiger partial charge in [0.25, 0.3) is 0 Å². The molecule has 2 unspecified atom stereocenters. The van der Waals surface area contributed by atoms with E-state index in [1.165, 1.54) is 30.0 Å². The summed E-state index contributed by atoms with van der Waals surface area (Å²) in [6, 6.07) is 17.9. The summed E-state index contributed by atoms with van der Waals surface area (Å²) in [5, 5.41) is 6.03. The molecule has 0 saturated carbocycles. The largest absolute Gasteiger partial charge is 0.466 e. The number of aryl methyl sites for hydroxylation is 1. The fraction of sp³-hybridized carbons (Fsp3) is 0.321. The van der Waals surface area contributed by atoms with E-state index in [0.29, 0.717) is 12.0 Å². The van der Waals surface area contributed by atoms with Crippen LogP contribution < -0.4 is 5.32 Å². The SMILES string of the molecule is CCC1=C(C(=O)OC)C(c2ccccc2)N2C(CC(=O)NC3CCCc4ccccc43)=CSC2=N1. The van der Waals surface area contributed by atoms with Crippen molar-refractivity contribution in [2.45, 2.75) is 51.1 Å². The normalized spacial score (nSPS) is 21.0. The van der Waals surface area contributed by atoms with E-state index in [2.05, 4.69) is 23.5 Å². The first-order valence-electron chi connectivity index (χ1n) is 12.1. The fourth-order valence-corrected chi connectivity index (χ4v) is 6.11. The van der Waals surface area contributed by atoms with Crippen LogP contribution in [0, 0.1) is 0 Å². The monoisotopic (exact) mass is 487 g/mol. The van der Waals surface area contributed by atoms with Crippen LogP contribution in [0.15, 0.2) is 82.0 Å². The van der Waals surface area contributed by atoms with Crippen molar-refractivity contribution in [2.24, 2.45) is 4.99 Å². The number of rotatable bonds is 6. The molecular formula is C28H29N3O3S. The molecule has 0 bridgehead atoms. The second kappa shape index (κ2) is 10.1. The number of aliphatic imine (C=N–C) groups is 1. The first-order valence-corrected chi connectivity index (χ1v) is 13.0. The molecule has 5 rings (SSSR count). The zero-order valence-corrected chi connectivity index (χ0v) is 20.8. The maximum Gasteiger partial charge on any atom is 0.338 e. The molecule has 1 aliphatic carbocycles. The molecule has 0 saturated heterocycles. The maximum atomic E-state index is 13.3. The fourth-order valence-electron chi connectivity index (χ4n) is 5.18. The molecule has 2 aromatic carbocycles. The molecule has 2 aromatic rings. The van der Waals surface area contributed by atoms with Crippen LogP contribution in [0.1, 0.15) is 61.4 Å². The Morgan fingerprint density at radius 1 is 1.14 bits per heavy atom. The van der Waals surface area contributed by atoms with Crippen LogP contribution >= 0.6 is 11.8 Å². The molecule has 2 atom stereocenters. The quantitative estimate of drug-likeness (QED) is 0.552. The molecule has 2 aliphatic heterocycles. The average Bonchev–Trinajstić information content (AvgIpc) is 3.29. The molecule has 0 aromatic heterocycles. The second-order valence-electron chi connectivity index (χ2n) is 8.90. The smallest absolute Gasteiger partial charge is 0.338 e. The highest BCUT2D eigenvalue weighted by Gasteiger charge is 2.41. The number of carbonyl (C=O) groups is 2. The minimum Gasteiger partial charge on any atom is -0.466 e. The number of hydrogen-bond acceptors (Lipinski definition) is 6. The molecule has 180 valence electrons. The molecule has 7 heteroatoms. The van der Waals surface area contributed by atoms with Gasteiger partial charge >= 0.3 is 5.97 Å². The van der Waals surface area contributed by atoms with E-state index in [1.54, 1.807) is 0 Å². The first-order chi connectivity index (χ1) is 17.1. The highest BCUT2D eigenvalue weighted by molar-refractivity contribution is 8.16. The van der Waals surface area contributed by atoms with Gasteiger partial charge in [0.1, 0.15) is 0 Å². The molecule has 1 N–H and O–H groups in total. The van der Waals surface area contributed by atoms with Crippen molar-refractivity contribution < 1.29 is 14.3 Å². The Morgan fingerprint density at radius 3 is 2.69 bits per heavy atom. The summed E-state index contributed by atoms with van der Waals surface area (Å²) >= 11 is 1.50. The molecular weight excluding hydrogens is 458 g/mol. The van der Waals surface area contributed by atoms with Crippen molar-refractivity contribution in [2.75, 3.05) is 7.11 Å². The van der Waals surface area contributed by atoms with E-state index in [9.17, 15) is 9.59 Å². The topological polar surface area (TPSA) is 71.0 Å². The molecule has 0 spiro atoms. The summed E-state index contributed by atoms with van der Waals surface area (Å²) in [5.74, 6) is -0.422. The van der Waals surface area contributed by atoms with Crippen LogP contribution in [-0.2, 0) is 20.7 Å². The second-order valence-corrected chi connectivity index (χ2v) is 9.73. The van der Waals surface area contributed by atoms with Crippen molar-refractivity contribution in [3.05, 3.63) is 93.7 Å². The van der Waals surface area contributed by atoms with Gasteiger partial charge < -0.3 is 15.0 Å². The maximum absolute atomic E-state index is 13.3. The molecule has 35 heavy (non-hydrogen) atoms. The van der Waals surface area contributed by atoms with Gasteiger partial charge in [0, 0.05) is 5.70 Å². The summed E-state index contributed by atoms with van der Waals surface area (Å²) in [5.41, 5.74) is 5.58. The van der Waals surface area contributed by atoms with Gasteiger partial charge in [-0.05, 0) is 47.8 Å². The molecule has 6 nitrogen and oxygen atoms in total. The standard InChI is InChI=1S/C28H29N3O3S/c1-3-22-25(27(33)34-2)26(19-11-5-4-6-12-19)31-20(17-35-28(31)30-22)16-24(32)29-23-15-9-13-18-10-7-8-14-21(18)23/h4-8,10-12,14,17,23,26H,3,9,13,15-16H2,1-2H3,(H,29,32). The lowest BCUT2D eigenvalue weighted by molar-refractivity contribution is -0.136. The number of hydrogen-bond donors (Lipinski definition) is 1. The number of benzene rings is 2.